The highest BCUT2D eigenvalue weighted by Gasteiger charge is 2.47. The number of thiazole rings is 1. The predicted octanol–water partition coefficient (Wildman–Crippen LogP) is 6.39. The Morgan fingerprint density at radius 1 is 1.00 bits per heavy atom. The SMILES string of the molecule is O=C1/C(=C\c2ccc(Sc3nc4ccccc4s3)o2)C(C(F)(F)F)=NN1c1ccccc1. The maximum absolute atomic E-state index is 13.6. The number of amides is 1. The van der Waals surface area contributed by atoms with Gasteiger partial charge in [-0.1, -0.05) is 30.3 Å². The number of hydrogen-bond donors (Lipinski definition) is 0. The molecule has 160 valence electrons. The number of furan rings is 1. The molecule has 0 fully saturated rings. The number of alkyl halides is 3. The molecule has 5 rings (SSSR count). The Kier molecular flexibility index (Phi) is 5.10. The van der Waals surface area contributed by atoms with Crippen molar-refractivity contribution in [1.29, 1.82) is 0 Å². The van der Waals surface area contributed by atoms with Crippen LogP contribution in [0.3, 0.4) is 0 Å². The van der Waals surface area contributed by atoms with E-state index in [1.165, 1.54) is 41.3 Å². The maximum Gasteiger partial charge on any atom is 0.435 e. The van der Waals surface area contributed by atoms with Crippen LogP contribution in [0.1, 0.15) is 5.76 Å². The zero-order chi connectivity index (χ0) is 22.3. The molecule has 0 bridgehead atoms. The van der Waals surface area contributed by atoms with Crippen LogP contribution in [0, 0.1) is 0 Å². The Morgan fingerprint density at radius 3 is 2.50 bits per heavy atom. The van der Waals surface area contributed by atoms with Crippen molar-refractivity contribution in [2.24, 2.45) is 5.10 Å². The second-order valence-corrected chi connectivity index (χ2v) is 8.95. The zero-order valence-electron chi connectivity index (χ0n) is 16.0. The van der Waals surface area contributed by atoms with Crippen LogP contribution in [0.25, 0.3) is 16.3 Å². The summed E-state index contributed by atoms with van der Waals surface area (Å²) in [7, 11) is 0. The molecule has 0 unspecified atom stereocenters. The van der Waals surface area contributed by atoms with Crippen molar-refractivity contribution in [3.8, 4) is 0 Å². The van der Waals surface area contributed by atoms with Gasteiger partial charge in [0, 0.05) is 0 Å². The number of anilines is 1. The number of carbonyl (C=O) groups is 1. The third-order valence-corrected chi connectivity index (χ3v) is 6.52. The van der Waals surface area contributed by atoms with Crippen LogP contribution in [-0.2, 0) is 4.79 Å². The highest BCUT2D eigenvalue weighted by molar-refractivity contribution is 8.01. The summed E-state index contributed by atoms with van der Waals surface area (Å²) in [6.07, 6.45) is -3.73. The van der Waals surface area contributed by atoms with Gasteiger partial charge in [-0.2, -0.15) is 23.3 Å². The lowest BCUT2D eigenvalue weighted by atomic mass is 10.1. The lowest BCUT2D eigenvalue weighted by molar-refractivity contribution is -0.114. The van der Waals surface area contributed by atoms with Gasteiger partial charge in [0.25, 0.3) is 5.91 Å². The van der Waals surface area contributed by atoms with E-state index in [1.807, 2.05) is 24.3 Å². The number of rotatable bonds is 4. The van der Waals surface area contributed by atoms with Crippen LogP contribution in [-0.4, -0.2) is 22.8 Å². The van der Waals surface area contributed by atoms with Gasteiger partial charge in [0.15, 0.2) is 15.1 Å². The van der Waals surface area contributed by atoms with E-state index >= 15 is 0 Å². The lowest BCUT2D eigenvalue weighted by Gasteiger charge is -2.10. The molecule has 1 aliphatic rings. The average molecular weight is 471 g/mol. The Bertz CT molecular complexity index is 1340. The Labute approximate surface area is 187 Å². The zero-order valence-corrected chi connectivity index (χ0v) is 17.7. The molecule has 4 aromatic rings. The highest BCUT2D eigenvalue weighted by Crippen LogP contribution is 2.36. The van der Waals surface area contributed by atoms with E-state index in [1.54, 1.807) is 24.3 Å². The fraction of sp³-hybridized carbons (Fsp3) is 0.0455. The first-order chi connectivity index (χ1) is 15.4. The fourth-order valence-corrected chi connectivity index (χ4v) is 5.06. The summed E-state index contributed by atoms with van der Waals surface area (Å²) in [4.78, 5) is 17.3. The molecule has 0 spiro atoms. The van der Waals surface area contributed by atoms with Crippen molar-refractivity contribution in [1.82, 2.24) is 4.98 Å². The lowest BCUT2D eigenvalue weighted by Crippen LogP contribution is -2.25. The molecule has 0 N–H and O–H groups in total. The number of nitrogens with zero attached hydrogens (tertiary/aromatic N) is 3. The van der Waals surface area contributed by atoms with Crippen LogP contribution >= 0.6 is 23.1 Å². The topological polar surface area (TPSA) is 58.7 Å². The smallest absolute Gasteiger partial charge is 0.435 e. The molecular formula is C22H12F3N3O2S2. The van der Waals surface area contributed by atoms with E-state index < -0.39 is 23.4 Å². The summed E-state index contributed by atoms with van der Waals surface area (Å²) in [5, 5.41) is 4.73. The van der Waals surface area contributed by atoms with Crippen LogP contribution in [0.5, 0.6) is 0 Å². The van der Waals surface area contributed by atoms with Gasteiger partial charge in [0.2, 0.25) is 0 Å². The quantitative estimate of drug-likeness (QED) is 0.324. The molecule has 0 atom stereocenters. The molecule has 0 radical (unpaired) electrons. The minimum atomic E-state index is -4.80. The van der Waals surface area contributed by atoms with E-state index in [4.69, 9.17) is 4.42 Å². The molecule has 1 amide bonds. The normalized spacial score (nSPS) is 15.7. The van der Waals surface area contributed by atoms with Crippen molar-refractivity contribution in [3.63, 3.8) is 0 Å². The van der Waals surface area contributed by atoms with Gasteiger partial charge in [-0.15, -0.1) is 11.3 Å². The van der Waals surface area contributed by atoms with Crippen molar-refractivity contribution in [2.45, 2.75) is 15.6 Å². The van der Waals surface area contributed by atoms with Gasteiger partial charge in [-0.05, 0) is 54.2 Å². The molecule has 2 aromatic heterocycles. The average Bonchev–Trinajstić information content (AvgIpc) is 3.46. The van der Waals surface area contributed by atoms with Crippen LogP contribution in [0.15, 0.2) is 91.3 Å². The third kappa shape index (κ3) is 3.94. The summed E-state index contributed by atoms with van der Waals surface area (Å²) in [6, 6.07) is 18.8. The molecule has 0 saturated heterocycles. The molecule has 2 aromatic carbocycles. The van der Waals surface area contributed by atoms with Gasteiger partial charge in [0.05, 0.1) is 21.5 Å². The highest BCUT2D eigenvalue weighted by atomic mass is 32.2. The molecule has 0 aliphatic carbocycles. The molecule has 32 heavy (non-hydrogen) atoms. The van der Waals surface area contributed by atoms with Crippen molar-refractivity contribution >= 4 is 56.7 Å². The second kappa shape index (κ2) is 7.95. The number of para-hydroxylation sites is 2. The Morgan fingerprint density at radius 2 is 1.75 bits per heavy atom. The van der Waals surface area contributed by atoms with E-state index in [2.05, 4.69) is 10.1 Å². The largest absolute Gasteiger partial charge is 0.450 e. The number of halogens is 3. The third-order valence-electron chi connectivity index (χ3n) is 4.50. The summed E-state index contributed by atoms with van der Waals surface area (Å²) in [5.41, 5.74) is -0.734. The van der Waals surface area contributed by atoms with Crippen molar-refractivity contribution in [3.05, 3.63) is 78.1 Å². The predicted molar refractivity (Wildman–Crippen MR) is 118 cm³/mol. The summed E-state index contributed by atoms with van der Waals surface area (Å²) in [6.45, 7) is 0. The number of hydrazone groups is 1. The number of benzene rings is 2. The number of carbonyl (C=O) groups excluding carboxylic acids is 1. The van der Waals surface area contributed by atoms with Gasteiger partial charge in [0.1, 0.15) is 5.76 Å². The first-order valence-corrected chi connectivity index (χ1v) is 10.9. The minimum Gasteiger partial charge on any atom is -0.450 e. The number of hydrogen-bond acceptors (Lipinski definition) is 6. The monoisotopic (exact) mass is 471 g/mol. The minimum absolute atomic E-state index is 0.115. The first kappa shape index (κ1) is 20.5. The van der Waals surface area contributed by atoms with Gasteiger partial charge in [-0.3, -0.25) is 4.79 Å². The molecule has 3 heterocycles. The Hall–Kier alpha value is -3.37. The van der Waals surface area contributed by atoms with Crippen molar-refractivity contribution in [2.75, 3.05) is 5.01 Å². The molecular weight excluding hydrogens is 459 g/mol. The maximum atomic E-state index is 13.6. The van der Waals surface area contributed by atoms with Gasteiger partial charge >= 0.3 is 6.18 Å². The summed E-state index contributed by atoms with van der Waals surface area (Å²) < 4.78 is 48.2. The number of aromatic nitrogens is 1. The molecule has 1 aliphatic heterocycles. The summed E-state index contributed by atoms with van der Waals surface area (Å²) in [5.74, 6) is -0.760. The fourth-order valence-electron chi connectivity index (χ4n) is 3.09. The van der Waals surface area contributed by atoms with E-state index in [0.717, 1.165) is 25.6 Å². The summed E-state index contributed by atoms with van der Waals surface area (Å²) >= 11 is 2.74. The molecule has 5 nitrogen and oxygen atoms in total. The van der Waals surface area contributed by atoms with Crippen LogP contribution in [0.2, 0.25) is 0 Å². The number of fused-ring (bicyclic) bond motifs is 1. The first-order valence-electron chi connectivity index (χ1n) is 9.29. The second-order valence-electron chi connectivity index (χ2n) is 6.66. The van der Waals surface area contributed by atoms with Crippen LogP contribution in [0.4, 0.5) is 18.9 Å². The van der Waals surface area contributed by atoms with Crippen molar-refractivity contribution < 1.29 is 22.4 Å². The Balaban J connectivity index is 1.44. The van der Waals surface area contributed by atoms with E-state index in [9.17, 15) is 18.0 Å². The standard InChI is InChI=1S/C22H12F3N3O2S2/c23-22(24,25)19-15(20(29)28(27-19)13-6-2-1-3-7-13)12-14-10-11-18(30-14)32-21-26-16-8-4-5-9-17(16)31-21/h1-12H/b15-12-. The van der Waals surface area contributed by atoms with Gasteiger partial charge < -0.3 is 4.42 Å². The van der Waals surface area contributed by atoms with Crippen LogP contribution < -0.4 is 5.01 Å². The van der Waals surface area contributed by atoms with Gasteiger partial charge in [-0.25, -0.2) is 4.98 Å². The van der Waals surface area contributed by atoms with E-state index in [-0.39, 0.29) is 11.4 Å². The van der Waals surface area contributed by atoms with E-state index in [0.29, 0.717) is 5.09 Å². The molecule has 0 saturated carbocycles. The molecule has 10 heteroatoms.